The minimum Gasteiger partial charge on any atom is -0.507 e. The fraction of sp³-hybridized carbons (Fsp3) is 0.214. The highest BCUT2D eigenvalue weighted by atomic mass is 16.5. The third kappa shape index (κ3) is 5.05. The number of hydrogen-bond acceptors (Lipinski definition) is 7. The number of phenolic OH excluding ortho intramolecular Hbond substituents is 1. The quantitative estimate of drug-likeness (QED) is 0.434. The molecule has 0 spiro atoms. The molecule has 0 atom stereocenters. The van der Waals surface area contributed by atoms with Crippen molar-refractivity contribution in [1.29, 1.82) is 0 Å². The van der Waals surface area contributed by atoms with Gasteiger partial charge in [-0.05, 0) is 47.0 Å². The van der Waals surface area contributed by atoms with Crippen molar-refractivity contribution < 1.29 is 9.84 Å². The molecule has 35 heavy (non-hydrogen) atoms. The van der Waals surface area contributed by atoms with Gasteiger partial charge in [0.1, 0.15) is 11.5 Å². The number of benzene rings is 3. The molecule has 0 aliphatic carbocycles. The van der Waals surface area contributed by atoms with Crippen molar-refractivity contribution in [3.8, 4) is 33.9 Å². The molecule has 0 unspecified atom stereocenters. The van der Waals surface area contributed by atoms with Crippen molar-refractivity contribution in [2.24, 2.45) is 0 Å². The van der Waals surface area contributed by atoms with Gasteiger partial charge in [-0.2, -0.15) is 0 Å². The van der Waals surface area contributed by atoms with Gasteiger partial charge >= 0.3 is 0 Å². The second-order valence-corrected chi connectivity index (χ2v) is 8.71. The first-order valence-corrected chi connectivity index (χ1v) is 11.7. The van der Waals surface area contributed by atoms with Gasteiger partial charge in [-0.15, -0.1) is 10.2 Å². The second-order valence-electron chi connectivity index (χ2n) is 8.71. The molecular formula is C28H29N5O2. The van der Waals surface area contributed by atoms with Gasteiger partial charge in [0.2, 0.25) is 0 Å². The lowest BCUT2D eigenvalue weighted by Gasteiger charge is -2.36. The number of aromatic hydroxyl groups is 1. The smallest absolute Gasteiger partial charge is 0.169 e. The largest absolute Gasteiger partial charge is 0.507 e. The van der Waals surface area contributed by atoms with Crippen LogP contribution in [0.2, 0.25) is 0 Å². The molecule has 7 heteroatoms. The number of piperazine rings is 1. The Hall–Kier alpha value is -4.10. The van der Waals surface area contributed by atoms with E-state index in [-0.39, 0.29) is 5.75 Å². The number of nitrogens with zero attached hydrogens (tertiary/aromatic N) is 4. The summed E-state index contributed by atoms with van der Waals surface area (Å²) in [7, 11) is 1.68. The maximum absolute atomic E-state index is 10.2. The van der Waals surface area contributed by atoms with Crippen LogP contribution in [-0.2, 0) is 6.54 Å². The normalized spacial score (nSPS) is 14.1. The van der Waals surface area contributed by atoms with Crippen LogP contribution in [0.4, 0.5) is 11.5 Å². The van der Waals surface area contributed by atoms with E-state index in [1.54, 1.807) is 19.2 Å². The number of para-hydroxylation sites is 1. The standard InChI is InChI=1S/C28H29N5O2/c1-35-23-12-10-22(11-13-23)21-8-6-20(7-9-21)19-32-14-16-33(17-15-32)26-18-25(30-31-28(26)29)24-4-2-3-5-27(24)34/h2-13,18,34H,14-17,19H2,1H3,(H2,29,31). The molecule has 0 saturated carbocycles. The summed E-state index contributed by atoms with van der Waals surface area (Å²) in [6, 6.07) is 26.0. The van der Waals surface area contributed by atoms with Crippen LogP contribution in [-0.4, -0.2) is 53.5 Å². The topological polar surface area (TPSA) is 87.7 Å². The average molecular weight is 468 g/mol. The SMILES string of the molecule is COc1ccc(-c2ccc(CN3CCN(c4cc(-c5ccccc5O)nnc4N)CC3)cc2)cc1. The maximum atomic E-state index is 10.2. The Morgan fingerprint density at radius 2 is 1.51 bits per heavy atom. The van der Waals surface area contributed by atoms with Crippen LogP contribution >= 0.6 is 0 Å². The Labute approximate surface area is 205 Å². The molecule has 1 aliphatic rings. The second kappa shape index (κ2) is 10.0. The van der Waals surface area contributed by atoms with Gasteiger partial charge in [0.05, 0.1) is 18.5 Å². The van der Waals surface area contributed by atoms with E-state index in [0.717, 1.165) is 44.2 Å². The molecular weight excluding hydrogens is 438 g/mol. The number of nitrogens with two attached hydrogens (primary N) is 1. The Morgan fingerprint density at radius 3 is 2.17 bits per heavy atom. The van der Waals surface area contributed by atoms with Crippen LogP contribution in [0, 0.1) is 0 Å². The van der Waals surface area contributed by atoms with Crippen molar-refractivity contribution in [2.75, 3.05) is 43.9 Å². The highest BCUT2D eigenvalue weighted by Crippen LogP contribution is 2.32. The zero-order chi connectivity index (χ0) is 24.2. The number of nitrogen functional groups attached to an aromatic ring is 1. The summed E-state index contributed by atoms with van der Waals surface area (Å²) in [5.41, 5.74) is 12.0. The monoisotopic (exact) mass is 467 g/mol. The predicted molar refractivity (Wildman–Crippen MR) is 139 cm³/mol. The first-order valence-electron chi connectivity index (χ1n) is 11.7. The molecule has 2 heterocycles. The Balaban J connectivity index is 1.21. The van der Waals surface area contributed by atoms with Gasteiger partial charge in [-0.25, -0.2) is 0 Å². The van der Waals surface area contributed by atoms with Crippen molar-refractivity contribution in [2.45, 2.75) is 6.54 Å². The van der Waals surface area contributed by atoms with Crippen LogP contribution in [0.25, 0.3) is 22.4 Å². The lowest BCUT2D eigenvalue weighted by molar-refractivity contribution is 0.250. The lowest BCUT2D eigenvalue weighted by Crippen LogP contribution is -2.46. The molecule has 1 fully saturated rings. The summed E-state index contributed by atoms with van der Waals surface area (Å²) in [6.45, 7) is 4.45. The fourth-order valence-electron chi connectivity index (χ4n) is 4.46. The Bertz CT molecular complexity index is 1280. The number of hydrogen-bond donors (Lipinski definition) is 2. The number of ether oxygens (including phenoxy) is 1. The molecule has 0 radical (unpaired) electrons. The van der Waals surface area contributed by atoms with Gasteiger partial charge in [0, 0.05) is 38.3 Å². The molecule has 1 aromatic heterocycles. The van der Waals surface area contributed by atoms with E-state index in [1.165, 1.54) is 16.7 Å². The van der Waals surface area contributed by atoms with Crippen molar-refractivity contribution in [1.82, 2.24) is 15.1 Å². The van der Waals surface area contributed by atoms with Gasteiger partial charge in [0.25, 0.3) is 0 Å². The maximum Gasteiger partial charge on any atom is 0.169 e. The number of methoxy groups -OCH3 is 1. The van der Waals surface area contributed by atoms with Gasteiger partial charge in [-0.3, -0.25) is 4.90 Å². The Morgan fingerprint density at radius 1 is 0.857 bits per heavy atom. The first-order chi connectivity index (χ1) is 17.1. The predicted octanol–water partition coefficient (Wildman–Crippen LogP) is 4.43. The van der Waals surface area contributed by atoms with Crippen LogP contribution in [0.3, 0.4) is 0 Å². The number of aromatic nitrogens is 2. The van der Waals surface area contributed by atoms with E-state index in [2.05, 4.69) is 56.4 Å². The molecule has 1 saturated heterocycles. The van der Waals surface area contributed by atoms with E-state index in [0.29, 0.717) is 17.1 Å². The Kier molecular flexibility index (Phi) is 6.50. The van der Waals surface area contributed by atoms with Crippen LogP contribution in [0.5, 0.6) is 11.5 Å². The third-order valence-corrected chi connectivity index (χ3v) is 6.48. The third-order valence-electron chi connectivity index (χ3n) is 6.48. The molecule has 4 aromatic rings. The summed E-state index contributed by atoms with van der Waals surface area (Å²) < 4.78 is 5.25. The summed E-state index contributed by atoms with van der Waals surface area (Å²) in [6.07, 6.45) is 0. The molecule has 0 bridgehead atoms. The highest BCUT2D eigenvalue weighted by Gasteiger charge is 2.21. The van der Waals surface area contributed by atoms with E-state index < -0.39 is 0 Å². The molecule has 3 aromatic carbocycles. The van der Waals surface area contributed by atoms with Crippen molar-refractivity contribution in [3.63, 3.8) is 0 Å². The number of anilines is 2. The minimum atomic E-state index is 0.181. The highest BCUT2D eigenvalue weighted by molar-refractivity contribution is 5.74. The van der Waals surface area contributed by atoms with E-state index in [4.69, 9.17) is 10.5 Å². The molecule has 1 aliphatic heterocycles. The van der Waals surface area contributed by atoms with Gasteiger partial charge in [-0.1, -0.05) is 48.5 Å². The van der Waals surface area contributed by atoms with E-state index >= 15 is 0 Å². The van der Waals surface area contributed by atoms with Crippen LogP contribution in [0.15, 0.2) is 78.9 Å². The molecule has 7 nitrogen and oxygen atoms in total. The molecule has 0 amide bonds. The first kappa shape index (κ1) is 22.7. The van der Waals surface area contributed by atoms with Gasteiger partial charge < -0.3 is 20.5 Å². The summed E-state index contributed by atoms with van der Waals surface area (Å²) in [4.78, 5) is 4.70. The van der Waals surface area contributed by atoms with E-state index in [9.17, 15) is 5.11 Å². The summed E-state index contributed by atoms with van der Waals surface area (Å²) in [5.74, 6) is 1.45. The molecule has 5 rings (SSSR count). The number of phenols is 1. The van der Waals surface area contributed by atoms with Crippen molar-refractivity contribution >= 4 is 11.5 Å². The molecule has 178 valence electrons. The zero-order valence-electron chi connectivity index (χ0n) is 19.8. The summed E-state index contributed by atoms with van der Waals surface area (Å²) in [5, 5.41) is 18.5. The average Bonchev–Trinajstić information content (AvgIpc) is 2.90. The fourth-order valence-corrected chi connectivity index (χ4v) is 4.46. The van der Waals surface area contributed by atoms with Crippen molar-refractivity contribution in [3.05, 3.63) is 84.4 Å². The summed E-state index contributed by atoms with van der Waals surface area (Å²) >= 11 is 0. The lowest BCUT2D eigenvalue weighted by atomic mass is 10.0. The van der Waals surface area contributed by atoms with E-state index in [1.807, 2.05) is 30.3 Å². The zero-order valence-corrected chi connectivity index (χ0v) is 19.8. The number of rotatable bonds is 6. The van der Waals surface area contributed by atoms with Crippen LogP contribution < -0.4 is 15.4 Å². The van der Waals surface area contributed by atoms with Gasteiger partial charge in [0.15, 0.2) is 5.82 Å². The molecule has 3 N–H and O–H groups in total. The van der Waals surface area contributed by atoms with Crippen LogP contribution in [0.1, 0.15) is 5.56 Å². The minimum absolute atomic E-state index is 0.181.